The summed E-state index contributed by atoms with van der Waals surface area (Å²) in [5.41, 5.74) is 7.13. The van der Waals surface area contributed by atoms with Crippen molar-refractivity contribution in [3.8, 4) is 0 Å². The Hall–Kier alpha value is -1.32. The third-order valence-corrected chi connectivity index (χ3v) is 3.39. The van der Waals surface area contributed by atoms with Crippen LogP contribution in [0.1, 0.15) is 40.2 Å². The Morgan fingerprint density at radius 3 is 2.53 bits per heavy atom. The van der Waals surface area contributed by atoms with Crippen molar-refractivity contribution in [2.24, 2.45) is 11.3 Å². The molecule has 0 saturated heterocycles. The maximum absolute atomic E-state index is 5.83. The highest BCUT2D eigenvalue weighted by Crippen LogP contribution is 2.26. The first-order chi connectivity index (χ1) is 7.86. The van der Waals surface area contributed by atoms with Crippen molar-refractivity contribution < 1.29 is 0 Å². The van der Waals surface area contributed by atoms with Gasteiger partial charge in [-0.05, 0) is 17.8 Å². The molecule has 1 aromatic rings. The molecule has 0 bridgehead atoms. The molecule has 0 saturated carbocycles. The van der Waals surface area contributed by atoms with E-state index in [0.717, 1.165) is 24.3 Å². The van der Waals surface area contributed by atoms with Crippen LogP contribution >= 0.6 is 0 Å². The number of hydrogen-bond donors (Lipinski definition) is 2. The lowest BCUT2D eigenvalue weighted by atomic mass is 9.82. The van der Waals surface area contributed by atoms with Gasteiger partial charge in [0.1, 0.15) is 18.0 Å². The Kier molecular flexibility index (Phi) is 4.32. The minimum atomic E-state index is 0.290. The van der Waals surface area contributed by atoms with Crippen LogP contribution in [0.15, 0.2) is 6.33 Å². The van der Waals surface area contributed by atoms with Crippen LogP contribution in [0.5, 0.6) is 0 Å². The van der Waals surface area contributed by atoms with Gasteiger partial charge in [-0.25, -0.2) is 9.97 Å². The van der Waals surface area contributed by atoms with E-state index in [1.54, 1.807) is 0 Å². The summed E-state index contributed by atoms with van der Waals surface area (Å²) >= 11 is 0. The number of anilines is 2. The number of rotatable bonds is 4. The minimum absolute atomic E-state index is 0.290. The second-order valence-corrected chi connectivity index (χ2v) is 5.59. The molecule has 0 spiro atoms. The van der Waals surface area contributed by atoms with Gasteiger partial charge in [0, 0.05) is 12.1 Å². The van der Waals surface area contributed by atoms with Gasteiger partial charge >= 0.3 is 0 Å². The molecular weight excluding hydrogens is 212 g/mol. The minimum Gasteiger partial charge on any atom is -0.383 e. The lowest BCUT2D eigenvalue weighted by molar-refractivity contribution is 0.274. The van der Waals surface area contributed by atoms with Crippen LogP contribution in [-0.2, 0) is 6.42 Å². The van der Waals surface area contributed by atoms with E-state index in [9.17, 15) is 0 Å². The normalized spacial score (nSPS) is 13.5. The molecule has 96 valence electrons. The van der Waals surface area contributed by atoms with Crippen LogP contribution in [0.4, 0.5) is 11.6 Å². The van der Waals surface area contributed by atoms with E-state index in [-0.39, 0.29) is 5.41 Å². The molecular formula is C13H24N4. The predicted octanol–water partition coefficient (Wildman–Crippen LogP) is 2.72. The summed E-state index contributed by atoms with van der Waals surface area (Å²) in [6, 6.07) is 0. The highest BCUT2D eigenvalue weighted by atomic mass is 15.0. The number of nitrogen functional groups attached to an aromatic ring is 1. The first-order valence-corrected chi connectivity index (χ1v) is 6.19. The molecule has 3 N–H and O–H groups in total. The summed E-state index contributed by atoms with van der Waals surface area (Å²) < 4.78 is 0. The molecule has 0 aliphatic carbocycles. The molecule has 4 nitrogen and oxygen atoms in total. The summed E-state index contributed by atoms with van der Waals surface area (Å²) in [6.45, 7) is 11.9. The second-order valence-electron chi connectivity index (χ2n) is 5.59. The average molecular weight is 236 g/mol. The van der Waals surface area contributed by atoms with Gasteiger partial charge in [-0.3, -0.25) is 0 Å². The van der Waals surface area contributed by atoms with Crippen LogP contribution in [0, 0.1) is 11.3 Å². The molecule has 1 aromatic heterocycles. The van der Waals surface area contributed by atoms with Gasteiger partial charge in [-0.15, -0.1) is 0 Å². The molecule has 4 heteroatoms. The van der Waals surface area contributed by atoms with Crippen molar-refractivity contribution >= 4 is 11.6 Å². The molecule has 0 aromatic carbocycles. The molecule has 1 atom stereocenters. The van der Waals surface area contributed by atoms with Crippen LogP contribution < -0.4 is 11.1 Å². The quantitative estimate of drug-likeness (QED) is 0.843. The third kappa shape index (κ3) is 3.58. The van der Waals surface area contributed by atoms with Crippen LogP contribution in [0.25, 0.3) is 0 Å². The summed E-state index contributed by atoms with van der Waals surface area (Å²) in [4.78, 5) is 8.28. The fraction of sp³-hybridized carbons (Fsp3) is 0.692. The molecule has 17 heavy (non-hydrogen) atoms. The molecule has 0 aliphatic rings. The summed E-state index contributed by atoms with van der Waals surface area (Å²) in [5, 5.41) is 3.38. The van der Waals surface area contributed by atoms with Crippen molar-refractivity contribution in [3.05, 3.63) is 11.9 Å². The standard InChI is InChI=1S/C13H24N4/c1-6-10-11(14)16-8-17-12(10)15-7-9(2)13(3,4)5/h8-9H,6-7H2,1-5H3,(H3,14,15,16,17). The third-order valence-electron chi connectivity index (χ3n) is 3.39. The Bertz CT molecular complexity index is 368. The van der Waals surface area contributed by atoms with Gasteiger partial charge in [0.15, 0.2) is 0 Å². The fourth-order valence-electron chi connectivity index (χ4n) is 1.48. The summed E-state index contributed by atoms with van der Waals surface area (Å²) in [7, 11) is 0. The van der Waals surface area contributed by atoms with E-state index in [0.29, 0.717) is 11.7 Å². The molecule has 0 amide bonds. The molecule has 0 fully saturated rings. The highest BCUT2D eigenvalue weighted by molar-refractivity contribution is 5.54. The summed E-state index contributed by atoms with van der Waals surface area (Å²) in [6.07, 6.45) is 2.36. The number of nitrogens with zero attached hydrogens (tertiary/aromatic N) is 2. The molecule has 0 aliphatic heterocycles. The zero-order chi connectivity index (χ0) is 13.1. The van der Waals surface area contributed by atoms with Gasteiger partial charge < -0.3 is 11.1 Å². The zero-order valence-corrected chi connectivity index (χ0v) is 11.5. The van der Waals surface area contributed by atoms with Crippen LogP contribution in [0.2, 0.25) is 0 Å². The van der Waals surface area contributed by atoms with Crippen molar-refractivity contribution in [3.63, 3.8) is 0 Å². The first-order valence-electron chi connectivity index (χ1n) is 6.19. The van der Waals surface area contributed by atoms with E-state index in [2.05, 4.69) is 49.9 Å². The number of aromatic nitrogens is 2. The fourth-order valence-corrected chi connectivity index (χ4v) is 1.48. The molecule has 0 radical (unpaired) electrons. The van der Waals surface area contributed by atoms with E-state index in [1.807, 2.05) is 0 Å². The highest BCUT2D eigenvalue weighted by Gasteiger charge is 2.20. The largest absolute Gasteiger partial charge is 0.383 e. The Labute approximate surface area is 104 Å². The molecule has 1 rings (SSSR count). The number of hydrogen-bond acceptors (Lipinski definition) is 4. The number of nitrogens with one attached hydrogen (secondary N) is 1. The summed E-state index contributed by atoms with van der Waals surface area (Å²) in [5.74, 6) is 2.01. The average Bonchev–Trinajstić information content (AvgIpc) is 2.24. The monoisotopic (exact) mass is 236 g/mol. The Balaban J connectivity index is 2.73. The van der Waals surface area contributed by atoms with E-state index >= 15 is 0 Å². The van der Waals surface area contributed by atoms with Gasteiger partial charge in [-0.1, -0.05) is 34.6 Å². The van der Waals surface area contributed by atoms with Gasteiger partial charge in [-0.2, -0.15) is 0 Å². The van der Waals surface area contributed by atoms with Crippen molar-refractivity contribution in [1.82, 2.24) is 9.97 Å². The predicted molar refractivity (Wildman–Crippen MR) is 72.9 cm³/mol. The van der Waals surface area contributed by atoms with Crippen LogP contribution in [0.3, 0.4) is 0 Å². The van der Waals surface area contributed by atoms with Crippen molar-refractivity contribution in [2.45, 2.75) is 41.0 Å². The van der Waals surface area contributed by atoms with Crippen LogP contribution in [-0.4, -0.2) is 16.5 Å². The van der Waals surface area contributed by atoms with Gasteiger partial charge in [0.05, 0.1) is 0 Å². The Morgan fingerprint density at radius 1 is 1.35 bits per heavy atom. The topological polar surface area (TPSA) is 63.8 Å². The van der Waals surface area contributed by atoms with E-state index in [1.165, 1.54) is 6.33 Å². The zero-order valence-electron chi connectivity index (χ0n) is 11.5. The van der Waals surface area contributed by atoms with Crippen molar-refractivity contribution in [1.29, 1.82) is 0 Å². The smallest absolute Gasteiger partial charge is 0.134 e. The lowest BCUT2D eigenvalue weighted by Gasteiger charge is -2.27. The van der Waals surface area contributed by atoms with E-state index < -0.39 is 0 Å². The van der Waals surface area contributed by atoms with Crippen molar-refractivity contribution in [2.75, 3.05) is 17.6 Å². The molecule has 1 heterocycles. The maximum atomic E-state index is 5.83. The second kappa shape index (κ2) is 5.34. The first kappa shape index (κ1) is 13.7. The Morgan fingerprint density at radius 2 is 2.00 bits per heavy atom. The lowest BCUT2D eigenvalue weighted by Crippen LogP contribution is -2.25. The molecule has 1 unspecified atom stereocenters. The van der Waals surface area contributed by atoms with Gasteiger partial charge in [0.25, 0.3) is 0 Å². The maximum Gasteiger partial charge on any atom is 0.134 e. The van der Waals surface area contributed by atoms with Gasteiger partial charge in [0.2, 0.25) is 0 Å². The number of nitrogens with two attached hydrogens (primary N) is 1. The van der Waals surface area contributed by atoms with E-state index in [4.69, 9.17) is 5.73 Å². The SMILES string of the molecule is CCc1c(N)ncnc1NCC(C)C(C)(C)C.